The van der Waals surface area contributed by atoms with Crippen LogP contribution in [0.4, 0.5) is 5.82 Å². The number of rotatable bonds is 6. The van der Waals surface area contributed by atoms with E-state index >= 15 is 0 Å². The SMILES string of the molecule is Cc1cc(NC[C@H]2C[C@H](c3nc(C4CC4)no3)C[C@H]2O)nc(C2CC2)n1. The van der Waals surface area contributed by atoms with E-state index < -0.39 is 0 Å². The molecule has 138 valence electrons. The maximum absolute atomic E-state index is 10.5. The minimum Gasteiger partial charge on any atom is -0.393 e. The summed E-state index contributed by atoms with van der Waals surface area (Å²) in [5, 5.41) is 18.0. The first-order chi connectivity index (χ1) is 12.7. The van der Waals surface area contributed by atoms with Crippen molar-refractivity contribution in [1.29, 1.82) is 0 Å². The van der Waals surface area contributed by atoms with Crippen LogP contribution in [-0.2, 0) is 0 Å². The molecule has 2 aromatic heterocycles. The molecule has 2 heterocycles. The Bertz CT molecular complexity index is 799. The van der Waals surface area contributed by atoms with Crippen LogP contribution in [-0.4, -0.2) is 37.9 Å². The first-order valence-electron chi connectivity index (χ1n) is 9.76. The lowest BCUT2D eigenvalue weighted by molar-refractivity contribution is 0.137. The number of aliphatic hydroxyl groups excluding tert-OH is 1. The van der Waals surface area contributed by atoms with Crippen LogP contribution >= 0.6 is 0 Å². The summed E-state index contributed by atoms with van der Waals surface area (Å²) in [7, 11) is 0. The Balaban J connectivity index is 1.22. The molecule has 0 spiro atoms. The molecule has 3 saturated carbocycles. The third kappa shape index (κ3) is 3.32. The number of hydrogen-bond donors (Lipinski definition) is 2. The van der Waals surface area contributed by atoms with Crippen LogP contribution in [0.3, 0.4) is 0 Å². The first kappa shape index (κ1) is 16.2. The molecule has 0 amide bonds. The van der Waals surface area contributed by atoms with Crippen molar-refractivity contribution in [3.05, 3.63) is 29.3 Å². The van der Waals surface area contributed by atoms with Crippen molar-refractivity contribution in [2.75, 3.05) is 11.9 Å². The van der Waals surface area contributed by atoms with Crippen molar-refractivity contribution in [3.8, 4) is 0 Å². The number of nitrogens with one attached hydrogen (secondary N) is 1. The molecule has 7 nitrogen and oxygen atoms in total. The van der Waals surface area contributed by atoms with Crippen molar-refractivity contribution in [2.45, 2.75) is 69.3 Å². The normalized spacial score (nSPS) is 28.5. The minimum absolute atomic E-state index is 0.158. The average Bonchev–Trinajstić information content (AvgIpc) is 3.55. The maximum atomic E-state index is 10.5. The fourth-order valence-corrected chi connectivity index (χ4v) is 3.89. The van der Waals surface area contributed by atoms with Crippen molar-refractivity contribution in [1.82, 2.24) is 20.1 Å². The Hall–Kier alpha value is -2.02. The molecule has 0 aliphatic heterocycles. The number of aryl methyl sites for hydroxylation is 1. The Morgan fingerprint density at radius 3 is 2.58 bits per heavy atom. The average molecular weight is 355 g/mol. The topological polar surface area (TPSA) is 97.0 Å². The Labute approximate surface area is 152 Å². The quantitative estimate of drug-likeness (QED) is 0.822. The second kappa shape index (κ2) is 6.30. The first-order valence-corrected chi connectivity index (χ1v) is 9.76. The molecule has 0 bridgehead atoms. The van der Waals surface area contributed by atoms with Crippen molar-refractivity contribution < 1.29 is 9.63 Å². The van der Waals surface area contributed by atoms with Crippen LogP contribution in [0.2, 0.25) is 0 Å². The molecule has 2 aromatic rings. The van der Waals surface area contributed by atoms with Crippen LogP contribution in [0.1, 0.15) is 79.5 Å². The number of aliphatic hydroxyl groups is 1. The van der Waals surface area contributed by atoms with E-state index in [0.29, 0.717) is 30.7 Å². The number of aromatic nitrogens is 4. The third-order valence-electron chi connectivity index (χ3n) is 5.77. The molecule has 7 heteroatoms. The lowest BCUT2D eigenvalue weighted by atomic mass is 10.0. The summed E-state index contributed by atoms with van der Waals surface area (Å²) < 4.78 is 5.46. The molecule has 3 aliphatic rings. The van der Waals surface area contributed by atoms with Crippen molar-refractivity contribution in [3.63, 3.8) is 0 Å². The van der Waals surface area contributed by atoms with Gasteiger partial charge in [-0.3, -0.25) is 0 Å². The molecule has 3 atom stereocenters. The molecule has 26 heavy (non-hydrogen) atoms. The van der Waals surface area contributed by atoms with Gasteiger partial charge < -0.3 is 14.9 Å². The summed E-state index contributed by atoms with van der Waals surface area (Å²) in [6.45, 7) is 2.70. The standard InChI is InChI=1S/C19H25N5O2/c1-10-6-16(22-17(21-10)11-2-3-11)20-9-14-7-13(8-15(14)25)19-23-18(24-26-19)12-4-5-12/h6,11-15,25H,2-5,7-9H2,1H3,(H,20,21,22)/t13-,14+,15+/m0/s1. The zero-order chi connectivity index (χ0) is 17.7. The van der Waals surface area contributed by atoms with Gasteiger partial charge in [0, 0.05) is 42.0 Å². The van der Waals surface area contributed by atoms with Gasteiger partial charge in [-0.05, 0) is 45.4 Å². The van der Waals surface area contributed by atoms with Crippen LogP contribution in [0, 0.1) is 12.8 Å². The summed E-state index contributed by atoms with van der Waals surface area (Å²) in [6.07, 6.45) is 5.92. The van der Waals surface area contributed by atoms with E-state index in [1.54, 1.807) is 0 Å². The fraction of sp³-hybridized carbons (Fsp3) is 0.684. The highest BCUT2D eigenvalue weighted by molar-refractivity contribution is 5.37. The smallest absolute Gasteiger partial charge is 0.229 e. The zero-order valence-electron chi connectivity index (χ0n) is 15.1. The second-order valence-electron chi connectivity index (χ2n) is 8.17. The predicted octanol–water partition coefficient (Wildman–Crippen LogP) is 2.89. The minimum atomic E-state index is -0.352. The van der Waals surface area contributed by atoms with Crippen molar-refractivity contribution >= 4 is 5.82 Å². The van der Waals surface area contributed by atoms with Gasteiger partial charge in [-0.1, -0.05) is 5.16 Å². The van der Waals surface area contributed by atoms with Gasteiger partial charge in [0.25, 0.3) is 0 Å². The van der Waals surface area contributed by atoms with Gasteiger partial charge in [0.15, 0.2) is 5.82 Å². The molecule has 0 unspecified atom stereocenters. The number of anilines is 1. The molecule has 3 fully saturated rings. The highest BCUT2D eigenvalue weighted by atomic mass is 16.5. The lowest BCUT2D eigenvalue weighted by Gasteiger charge is -2.16. The van der Waals surface area contributed by atoms with E-state index in [1.165, 1.54) is 25.7 Å². The molecule has 0 saturated heterocycles. The van der Waals surface area contributed by atoms with Crippen LogP contribution in [0.15, 0.2) is 10.6 Å². The zero-order valence-corrected chi connectivity index (χ0v) is 15.1. The Kier molecular flexibility index (Phi) is 3.92. The van der Waals surface area contributed by atoms with Crippen LogP contribution < -0.4 is 5.32 Å². The Morgan fingerprint density at radius 2 is 1.81 bits per heavy atom. The van der Waals surface area contributed by atoms with Gasteiger partial charge in [0.1, 0.15) is 11.6 Å². The summed E-state index contributed by atoms with van der Waals surface area (Å²) in [5.74, 6) is 4.72. The maximum Gasteiger partial charge on any atom is 0.229 e. The molecular formula is C19H25N5O2. The number of hydrogen-bond acceptors (Lipinski definition) is 7. The summed E-state index contributed by atoms with van der Waals surface area (Å²) in [4.78, 5) is 13.7. The van der Waals surface area contributed by atoms with E-state index in [9.17, 15) is 5.11 Å². The van der Waals surface area contributed by atoms with E-state index in [1.807, 2.05) is 13.0 Å². The van der Waals surface area contributed by atoms with Gasteiger partial charge in [-0.2, -0.15) is 4.98 Å². The third-order valence-corrected chi connectivity index (χ3v) is 5.77. The van der Waals surface area contributed by atoms with E-state index in [0.717, 1.165) is 29.6 Å². The summed E-state index contributed by atoms with van der Waals surface area (Å²) >= 11 is 0. The monoisotopic (exact) mass is 355 g/mol. The van der Waals surface area contributed by atoms with Gasteiger partial charge in [-0.25, -0.2) is 9.97 Å². The van der Waals surface area contributed by atoms with E-state index in [4.69, 9.17) is 4.52 Å². The van der Waals surface area contributed by atoms with Crippen LogP contribution in [0.25, 0.3) is 0 Å². The molecule has 5 rings (SSSR count). The predicted molar refractivity (Wildman–Crippen MR) is 95.0 cm³/mol. The molecular weight excluding hydrogens is 330 g/mol. The van der Waals surface area contributed by atoms with Gasteiger partial charge >= 0.3 is 0 Å². The fourth-order valence-electron chi connectivity index (χ4n) is 3.89. The van der Waals surface area contributed by atoms with Gasteiger partial charge in [-0.15, -0.1) is 0 Å². The summed E-state index contributed by atoms with van der Waals surface area (Å²) in [5.41, 5.74) is 0.993. The van der Waals surface area contributed by atoms with Gasteiger partial charge in [0.05, 0.1) is 6.10 Å². The largest absolute Gasteiger partial charge is 0.393 e. The van der Waals surface area contributed by atoms with Crippen molar-refractivity contribution in [2.24, 2.45) is 5.92 Å². The van der Waals surface area contributed by atoms with Gasteiger partial charge in [0.2, 0.25) is 5.89 Å². The van der Waals surface area contributed by atoms with E-state index in [2.05, 4.69) is 25.4 Å². The Morgan fingerprint density at radius 1 is 1.04 bits per heavy atom. The van der Waals surface area contributed by atoms with E-state index in [-0.39, 0.29) is 17.9 Å². The van der Waals surface area contributed by atoms with Crippen LogP contribution in [0.5, 0.6) is 0 Å². The number of nitrogens with zero attached hydrogens (tertiary/aromatic N) is 4. The summed E-state index contributed by atoms with van der Waals surface area (Å²) in [6, 6.07) is 1.98. The highest BCUT2D eigenvalue weighted by Gasteiger charge is 2.38. The molecule has 3 aliphatic carbocycles. The highest BCUT2D eigenvalue weighted by Crippen LogP contribution is 2.42. The molecule has 0 radical (unpaired) electrons. The lowest BCUT2D eigenvalue weighted by Crippen LogP contribution is -2.22. The molecule has 0 aromatic carbocycles. The second-order valence-corrected chi connectivity index (χ2v) is 8.17. The molecule has 2 N–H and O–H groups in total.